The molecule has 4 nitrogen and oxygen atoms in total. The molecule has 1 aromatic rings. The van der Waals surface area contributed by atoms with Crippen LogP contribution >= 0.6 is 0 Å². The lowest BCUT2D eigenvalue weighted by atomic mass is 10.1. The van der Waals surface area contributed by atoms with Crippen LogP contribution in [0, 0.1) is 18.3 Å². The number of ether oxygens (including phenoxy) is 1. The molecule has 0 bridgehead atoms. The lowest BCUT2D eigenvalue weighted by Crippen LogP contribution is -2.40. The number of hydrogen-bond acceptors (Lipinski definition) is 3. The van der Waals surface area contributed by atoms with Crippen LogP contribution in [-0.4, -0.2) is 17.7 Å². The number of nitrogens with zero attached hydrogens (tertiary/aromatic N) is 2. The molecule has 1 amide bonds. The number of cyclic esters (lactones) is 1. The average molecular weight is 240 g/mol. The molecular weight excluding hydrogens is 228 g/mol. The predicted octanol–water partition coefficient (Wildman–Crippen LogP) is 2.31. The van der Waals surface area contributed by atoms with Gasteiger partial charge in [0.25, 0.3) is 0 Å². The van der Waals surface area contributed by atoms with Crippen LogP contribution in [0.4, 0.5) is 10.6 Å². The zero-order valence-corrected chi connectivity index (χ0v) is 9.80. The predicted molar refractivity (Wildman–Crippen MR) is 66.8 cm³/mol. The van der Waals surface area contributed by atoms with Crippen molar-refractivity contribution in [3.05, 3.63) is 35.7 Å². The molecule has 1 aromatic heterocycles. The van der Waals surface area contributed by atoms with E-state index in [1.54, 1.807) is 18.3 Å². The van der Waals surface area contributed by atoms with Gasteiger partial charge in [-0.25, -0.2) is 14.7 Å². The first kappa shape index (κ1) is 10.8. The number of hydrogen-bond donors (Lipinski definition) is 0. The van der Waals surface area contributed by atoms with Crippen LogP contribution in [0.25, 0.3) is 0 Å². The number of aromatic nitrogens is 1. The molecule has 2 aliphatic rings. The third-order valence-electron chi connectivity index (χ3n) is 3.29. The largest absolute Gasteiger partial charge is 0.448 e. The van der Waals surface area contributed by atoms with Crippen LogP contribution in [0.3, 0.4) is 0 Å². The van der Waals surface area contributed by atoms with Gasteiger partial charge in [0.2, 0.25) is 0 Å². The minimum absolute atomic E-state index is 0.273. The summed E-state index contributed by atoms with van der Waals surface area (Å²) in [5, 5.41) is 0. The van der Waals surface area contributed by atoms with Crippen molar-refractivity contribution in [1.29, 1.82) is 0 Å². The fourth-order valence-electron chi connectivity index (χ4n) is 2.43. The summed E-state index contributed by atoms with van der Waals surface area (Å²) in [4.78, 5) is 17.7. The topological polar surface area (TPSA) is 42.4 Å². The molecule has 1 atom stereocenters. The van der Waals surface area contributed by atoms with Crippen molar-refractivity contribution >= 4 is 11.9 Å². The van der Waals surface area contributed by atoms with Crippen LogP contribution in [0.5, 0.6) is 0 Å². The molecule has 1 saturated heterocycles. The van der Waals surface area contributed by atoms with Gasteiger partial charge in [0.15, 0.2) is 5.82 Å². The molecular formula is C14H12N2O2. The van der Waals surface area contributed by atoms with Crippen LogP contribution < -0.4 is 4.90 Å². The maximum atomic E-state index is 12.0. The maximum absolute atomic E-state index is 12.0. The van der Waals surface area contributed by atoms with E-state index in [9.17, 15) is 4.79 Å². The van der Waals surface area contributed by atoms with E-state index >= 15 is 0 Å². The Morgan fingerprint density at radius 1 is 1.56 bits per heavy atom. The van der Waals surface area contributed by atoms with E-state index in [1.807, 2.05) is 0 Å². The van der Waals surface area contributed by atoms with Crippen molar-refractivity contribution in [2.24, 2.45) is 5.92 Å². The van der Waals surface area contributed by atoms with Crippen molar-refractivity contribution in [3.8, 4) is 12.3 Å². The first-order valence-corrected chi connectivity index (χ1v) is 5.90. The third-order valence-corrected chi connectivity index (χ3v) is 3.29. The Hall–Kier alpha value is -2.28. The van der Waals surface area contributed by atoms with Gasteiger partial charge < -0.3 is 4.74 Å². The van der Waals surface area contributed by atoms with Crippen molar-refractivity contribution in [2.45, 2.75) is 12.8 Å². The fourth-order valence-corrected chi connectivity index (χ4v) is 2.43. The first-order chi connectivity index (χ1) is 8.81. The van der Waals surface area contributed by atoms with Gasteiger partial charge in [-0.05, 0) is 25.0 Å². The van der Waals surface area contributed by atoms with Crippen molar-refractivity contribution in [3.63, 3.8) is 0 Å². The quantitative estimate of drug-likeness (QED) is 0.707. The molecule has 0 unspecified atom stereocenters. The Balaban J connectivity index is 2.08. The highest BCUT2D eigenvalue weighted by atomic mass is 16.6. The highest BCUT2D eigenvalue weighted by Crippen LogP contribution is 2.36. The molecule has 0 saturated carbocycles. The number of rotatable bonds is 1. The molecule has 1 aliphatic heterocycles. The third kappa shape index (κ3) is 1.56. The van der Waals surface area contributed by atoms with E-state index in [1.165, 1.54) is 4.90 Å². The summed E-state index contributed by atoms with van der Waals surface area (Å²) < 4.78 is 5.20. The molecule has 1 aliphatic carbocycles. The number of fused-ring (bicyclic) bond motifs is 1. The van der Waals surface area contributed by atoms with Gasteiger partial charge in [0.05, 0.1) is 5.56 Å². The second-order valence-electron chi connectivity index (χ2n) is 4.33. The average Bonchev–Trinajstić information content (AvgIpc) is 2.87. The monoisotopic (exact) mass is 240 g/mol. The Labute approximate surface area is 105 Å². The lowest BCUT2D eigenvalue weighted by molar-refractivity contribution is 0.127. The van der Waals surface area contributed by atoms with E-state index in [2.05, 4.69) is 17.0 Å². The van der Waals surface area contributed by atoms with Crippen molar-refractivity contribution < 1.29 is 9.53 Å². The Morgan fingerprint density at radius 2 is 2.44 bits per heavy atom. The molecule has 0 radical (unpaired) electrons. The molecule has 0 spiro atoms. The summed E-state index contributed by atoms with van der Waals surface area (Å²) in [5.74, 6) is 3.32. The highest BCUT2D eigenvalue weighted by Gasteiger charge is 2.37. The Bertz CT molecular complexity index is 571. The number of pyridine rings is 1. The van der Waals surface area contributed by atoms with Gasteiger partial charge in [-0.15, -0.1) is 6.42 Å². The maximum Gasteiger partial charge on any atom is 0.419 e. The summed E-state index contributed by atoms with van der Waals surface area (Å²) in [6.45, 7) is 0.458. The second-order valence-corrected chi connectivity index (χ2v) is 4.33. The molecule has 3 rings (SSSR count). The molecule has 1 fully saturated rings. The van der Waals surface area contributed by atoms with Gasteiger partial charge >= 0.3 is 6.09 Å². The van der Waals surface area contributed by atoms with E-state index in [4.69, 9.17) is 11.2 Å². The van der Waals surface area contributed by atoms with Crippen molar-refractivity contribution in [1.82, 2.24) is 4.98 Å². The minimum atomic E-state index is -0.394. The lowest BCUT2D eigenvalue weighted by Gasteiger charge is -2.32. The summed E-state index contributed by atoms with van der Waals surface area (Å²) in [7, 11) is 0. The Kier molecular flexibility index (Phi) is 2.52. The summed E-state index contributed by atoms with van der Waals surface area (Å²) in [6.07, 6.45) is 10.7. The standard InChI is InChI=1S/C14H12N2O2/c1-2-10-6-4-8-15-13(10)16-12-7-3-5-11(12)9-18-14(16)17/h1,4,6-8,11H,3,5,9H2/t11-/m1/s1. The molecule has 2 heterocycles. The first-order valence-electron chi connectivity index (χ1n) is 5.90. The smallest absolute Gasteiger partial charge is 0.419 e. The zero-order chi connectivity index (χ0) is 12.5. The number of carbonyl (C=O) groups is 1. The number of carbonyl (C=O) groups excluding carboxylic acids is 1. The van der Waals surface area contributed by atoms with Crippen LogP contribution in [0.2, 0.25) is 0 Å². The highest BCUT2D eigenvalue weighted by molar-refractivity contribution is 5.92. The van der Waals surface area contributed by atoms with Gasteiger partial charge in [0, 0.05) is 17.8 Å². The fraction of sp³-hybridized carbons (Fsp3) is 0.286. The summed E-state index contributed by atoms with van der Waals surface area (Å²) >= 11 is 0. The normalized spacial score (nSPS) is 21.9. The molecule has 0 N–H and O–H groups in total. The minimum Gasteiger partial charge on any atom is -0.448 e. The van der Waals surface area contributed by atoms with Crippen LogP contribution in [-0.2, 0) is 4.74 Å². The second kappa shape index (κ2) is 4.19. The molecule has 18 heavy (non-hydrogen) atoms. The van der Waals surface area contributed by atoms with Gasteiger partial charge in [0.1, 0.15) is 6.61 Å². The van der Waals surface area contributed by atoms with Crippen LogP contribution in [0.1, 0.15) is 18.4 Å². The van der Waals surface area contributed by atoms with E-state index in [0.717, 1.165) is 18.5 Å². The van der Waals surface area contributed by atoms with E-state index < -0.39 is 6.09 Å². The van der Waals surface area contributed by atoms with Gasteiger partial charge in [-0.2, -0.15) is 0 Å². The summed E-state index contributed by atoms with van der Waals surface area (Å²) in [6, 6.07) is 3.53. The number of anilines is 1. The molecule has 0 aromatic carbocycles. The summed E-state index contributed by atoms with van der Waals surface area (Å²) in [5.41, 5.74) is 1.57. The SMILES string of the molecule is C#Cc1cccnc1N1C(=O)OC[C@H]2CCC=C21. The Morgan fingerprint density at radius 3 is 3.28 bits per heavy atom. The number of allylic oxidation sites excluding steroid dienone is 1. The van der Waals surface area contributed by atoms with E-state index in [0.29, 0.717) is 18.0 Å². The number of terminal acetylenes is 1. The molecule has 90 valence electrons. The van der Waals surface area contributed by atoms with E-state index in [-0.39, 0.29) is 5.92 Å². The number of amides is 1. The van der Waals surface area contributed by atoms with Crippen molar-refractivity contribution in [2.75, 3.05) is 11.5 Å². The van der Waals surface area contributed by atoms with Gasteiger partial charge in [-0.3, -0.25) is 0 Å². The zero-order valence-electron chi connectivity index (χ0n) is 9.80. The van der Waals surface area contributed by atoms with Crippen LogP contribution in [0.15, 0.2) is 30.1 Å². The van der Waals surface area contributed by atoms with Gasteiger partial charge in [-0.1, -0.05) is 12.0 Å². The molecule has 4 heteroatoms.